The Labute approximate surface area is 65.5 Å². The van der Waals surface area contributed by atoms with E-state index in [1.54, 1.807) is 0 Å². The summed E-state index contributed by atoms with van der Waals surface area (Å²) in [4.78, 5) is 10.6. The molecule has 0 saturated carbocycles. The molecular weight excluding hydrogens is 126 g/mol. The van der Waals surface area contributed by atoms with E-state index < -0.39 is 0 Å². The number of amides is 1. The number of nitrogens with one attached hydrogen (secondary N) is 1. The van der Waals surface area contributed by atoms with Crippen LogP contribution in [0.2, 0.25) is 0 Å². The number of carbonyl (C=O) groups is 1. The zero-order valence-corrected chi connectivity index (χ0v) is 6.24. The number of hydrogen-bond acceptors (Lipinski definition) is 1. The Morgan fingerprint density at radius 2 is 2.10 bits per heavy atom. The van der Waals surface area contributed by atoms with Crippen molar-refractivity contribution in [3.05, 3.63) is 0 Å². The smallest absolute Gasteiger partial charge is 0.219 e. The van der Waals surface area contributed by atoms with Gasteiger partial charge in [-0.3, -0.25) is 4.79 Å². The zero-order valence-electron chi connectivity index (χ0n) is 6.24. The van der Waals surface area contributed by atoms with Crippen LogP contribution in [-0.2, 0) is 4.79 Å². The van der Waals surface area contributed by atoms with Crippen molar-refractivity contribution in [1.82, 2.24) is 5.32 Å². The molecule has 64 valence electrons. The fourth-order valence-corrected chi connectivity index (χ4v) is 0.530. The average Bonchev–Trinajstić information content (AvgIpc) is 1.89. The molecule has 0 saturated heterocycles. The van der Waals surface area contributed by atoms with Crippen LogP contribution in [0.15, 0.2) is 0 Å². The van der Waals surface area contributed by atoms with Gasteiger partial charge in [-0.2, -0.15) is 0 Å². The lowest BCUT2D eigenvalue weighted by Gasteiger charge is -1.99. The summed E-state index contributed by atoms with van der Waals surface area (Å²) < 4.78 is 0. The molecule has 0 aliphatic rings. The third kappa shape index (κ3) is 7.47. The van der Waals surface area contributed by atoms with E-state index in [4.69, 9.17) is 0 Å². The van der Waals surface area contributed by atoms with Gasteiger partial charge in [-0.15, -0.1) is 0 Å². The molecule has 2 nitrogen and oxygen atoms in total. The summed E-state index contributed by atoms with van der Waals surface area (Å²) in [6.45, 7) is 4.81. The van der Waals surface area contributed by atoms with Crippen LogP contribution in [0.5, 0.6) is 0 Å². The van der Waals surface area contributed by atoms with E-state index in [1.165, 1.54) is 0 Å². The van der Waals surface area contributed by atoms with Gasteiger partial charge < -0.3 is 5.32 Å². The number of rotatable bonds is 4. The monoisotopic (exact) mass is 147 g/mol. The fraction of sp³-hybridized carbons (Fsp3) is 0.875. The molecule has 0 heterocycles. The SMILES string of the molecule is C.CCCCNC(=O)CC.[HH]. The molecule has 10 heavy (non-hydrogen) atoms. The lowest BCUT2D eigenvalue weighted by atomic mass is 10.3. The second-order valence-corrected chi connectivity index (χ2v) is 2.06. The Bertz CT molecular complexity index is 86.2. The van der Waals surface area contributed by atoms with Gasteiger partial charge in [0.2, 0.25) is 5.91 Å². The highest BCUT2D eigenvalue weighted by atomic mass is 16.1. The largest absolute Gasteiger partial charge is 0.356 e. The van der Waals surface area contributed by atoms with Crippen LogP contribution in [0, 0.1) is 0 Å². The molecule has 2 heteroatoms. The van der Waals surface area contributed by atoms with Gasteiger partial charge in [0.25, 0.3) is 0 Å². The Morgan fingerprint density at radius 3 is 2.50 bits per heavy atom. The Kier molecular flexibility index (Phi) is 10.3. The van der Waals surface area contributed by atoms with Crippen molar-refractivity contribution in [2.75, 3.05) is 6.54 Å². The van der Waals surface area contributed by atoms with E-state index >= 15 is 0 Å². The fourth-order valence-electron chi connectivity index (χ4n) is 0.530. The van der Waals surface area contributed by atoms with Crippen molar-refractivity contribution in [3.8, 4) is 0 Å². The summed E-state index contributed by atoms with van der Waals surface area (Å²) in [7, 11) is 0. The normalized spacial score (nSPS) is 8.20. The Hall–Kier alpha value is -0.530. The van der Waals surface area contributed by atoms with Gasteiger partial charge in [-0.1, -0.05) is 27.7 Å². The lowest BCUT2D eigenvalue weighted by Crippen LogP contribution is -2.22. The molecule has 0 atom stereocenters. The van der Waals surface area contributed by atoms with Crippen molar-refractivity contribution in [3.63, 3.8) is 0 Å². The van der Waals surface area contributed by atoms with Gasteiger partial charge in [-0.25, -0.2) is 0 Å². The highest BCUT2D eigenvalue weighted by Crippen LogP contribution is 1.83. The van der Waals surface area contributed by atoms with Crippen LogP contribution in [0.4, 0.5) is 0 Å². The molecule has 0 rings (SSSR count). The van der Waals surface area contributed by atoms with Crippen LogP contribution < -0.4 is 5.32 Å². The van der Waals surface area contributed by atoms with Crippen LogP contribution in [0.3, 0.4) is 0 Å². The number of hydrogen-bond donors (Lipinski definition) is 1. The molecule has 0 unspecified atom stereocenters. The second-order valence-electron chi connectivity index (χ2n) is 2.06. The first-order valence-electron chi connectivity index (χ1n) is 3.58. The maximum Gasteiger partial charge on any atom is 0.219 e. The van der Waals surface area contributed by atoms with Crippen LogP contribution in [0.25, 0.3) is 0 Å². The van der Waals surface area contributed by atoms with Gasteiger partial charge in [0, 0.05) is 14.4 Å². The number of carbonyl (C=O) groups excluding carboxylic acids is 1. The minimum Gasteiger partial charge on any atom is -0.356 e. The van der Waals surface area contributed by atoms with E-state index in [1.807, 2.05) is 6.92 Å². The van der Waals surface area contributed by atoms with Gasteiger partial charge in [-0.05, 0) is 6.42 Å². The van der Waals surface area contributed by atoms with Gasteiger partial charge in [0.1, 0.15) is 0 Å². The van der Waals surface area contributed by atoms with Crippen LogP contribution in [0.1, 0.15) is 42.0 Å². The highest BCUT2D eigenvalue weighted by Gasteiger charge is 1.91. The van der Waals surface area contributed by atoms with Crippen molar-refractivity contribution < 1.29 is 6.22 Å². The minimum absolute atomic E-state index is 0. The molecule has 0 bridgehead atoms. The topological polar surface area (TPSA) is 29.1 Å². The molecule has 0 aromatic carbocycles. The lowest BCUT2D eigenvalue weighted by molar-refractivity contribution is -0.120. The molecule has 0 aromatic rings. The summed E-state index contributed by atoms with van der Waals surface area (Å²) in [5.74, 6) is 0.156. The van der Waals surface area contributed by atoms with Gasteiger partial charge in [0.15, 0.2) is 0 Å². The van der Waals surface area contributed by atoms with Crippen molar-refractivity contribution in [2.24, 2.45) is 0 Å². The third-order valence-corrected chi connectivity index (χ3v) is 1.17. The van der Waals surface area contributed by atoms with Gasteiger partial charge >= 0.3 is 0 Å². The molecule has 0 aliphatic heterocycles. The predicted octanol–water partition coefficient (Wildman–Crippen LogP) is 2.19. The minimum atomic E-state index is 0. The third-order valence-electron chi connectivity index (χ3n) is 1.17. The van der Waals surface area contributed by atoms with Gasteiger partial charge in [0.05, 0.1) is 0 Å². The maximum absolute atomic E-state index is 10.6. The summed E-state index contributed by atoms with van der Waals surface area (Å²) in [5, 5.41) is 2.79. The molecule has 0 aliphatic carbocycles. The zero-order chi connectivity index (χ0) is 7.11. The van der Waals surface area contributed by atoms with Crippen LogP contribution in [-0.4, -0.2) is 12.5 Å². The number of unbranched alkanes of at least 4 members (excludes halogenated alkanes) is 1. The molecule has 1 N–H and O–H groups in total. The predicted molar refractivity (Wildman–Crippen MR) is 47.1 cm³/mol. The van der Waals surface area contributed by atoms with E-state index in [0.29, 0.717) is 6.42 Å². The summed E-state index contributed by atoms with van der Waals surface area (Å²) in [6, 6.07) is 0. The first kappa shape index (κ1) is 12.2. The second kappa shape index (κ2) is 8.47. The van der Waals surface area contributed by atoms with Crippen LogP contribution >= 0.6 is 0 Å². The molecule has 1 amide bonds. The maximum atomic E-state index is 10.6. The first-order valence-corrected chi connectivity index (χ1v) is 3.58. The highest BCUT2D eigenvalue weighted by molar-refractivity contribution is 5.75. The summed E-state index contributed by atoms with van der Waals surface area (Å²) in [5.41, 5.74) is 0. The Balaban J connectivity index is -0.000000320. The van der Waals surface area contributed by atoms with Crippen molar-refractivity contribution in [1.29, 1.82) is 0 Å². The quantitative estimate of drug-likeness (QED) is 0.607. The summed E-state index contributed by atoms with van der Waals surface area (Å²) >= 11 is 0. The summed E-state index contributed by atoms with van der Waals surface area (Å²) in [6.07, 6.45) is 2.83. The van der Waals surface area contributed by atoms with E-state index in [9.17, 15) is 4.79 Å². The molecule has 0 radical (unpaired) electrons. The van der Waals surface area contributed by atoms with E-state index in [2.05, 4.69) is 12.2 Å². The first-order chi connectivity index (χ1) is 4.31. The average molecular weight is 147 g/mol. The molecular formula is C8H21NO. The Morgan fingerprint density at radius 1 is 1.50 bits per heavy atom. The van der Waals surface area contributed by atoms with Crippen molar-refractivity contribution in [2.45, 2.75) is 40.5 Å². The molecule has 0 spiro atoms. The molecule has 0 aromatic heterocycles. The standard InChI is InChI=1S/C7H15NO.CH4.H2/c1-3-5-6-8-7(9)4-2;;/h3-6H2,1-2H3,(H,8,9);1H4;1H. The van der Waals surface area contributed by atoms with E-state index in [-0.39, 0.29) is 14.8 Å². The van der Waals surface area contributed by atoms with Crippen molar-refractivity contribution >= 4 is 5.91 Å². The molecule has 0 fully saturated rings. The van der Waals surface area contributed by atoms with E-state index in [0.717, 1.165) is 19.4 Å².